The summed E-state index contributed by atoms with van der Waals surface area (Å²) in [5.74, 6) is -2.29. The molecule has 0 spiro atoms. The van der Waals surface area contributed by atoms with E-state index in [0.29, 0.717) is 25.7 Å². The predicted octanol–water partition coefficient (Wildman–Crippen LogP) is 7.78. The Morgan fingerprint density at radius 3 is 2.59 bits per heavy atom. The van der Waals surface area contributed by atoms with Gasteiger partial charge < -0.3 is 10.2 Å². The Hall–Kier alpha value is -4.43. The highest BCUT2D eigenvalue weighted by Gasteiger charge is 2.31. The van der Waals surface area contributed by atoms with Crippen LogP contribution in [0.4, 0.5) is 14.5 Å². The molecule has 224 valence electrons. The number of nitrogens with one attached hydrogen (secondary N) is 1. The van der Waals surface area contributed by atoms with Crippen molar-refractivity contribution >= 4 is 34.7 Å². The summed E-state index contributed by atoms with van der Waals surface area (Å²) >= 11 is 5.92. The van der Waals surface area contributed by atoms with Crippen molar-refractivity contribution in [1.82, 2.24) is 14.9 Å². The molecule has 4 heterocycles. The minimum absolute atomic E-state index is 0.0640. The van der Waals surface area contributed by atoms with Gasteiger partial charge in [0, 0.05) is 48.4 Å². The molecule has 2 amide bonds. The number of pyridine rings is 2. The van der Waals surface area contributed by atoms with E-state index in [-0.39, 0.29) is 52.9 Å². The summed E-state index contributed by atoms with van der Waals surface area (Å²) in [5, 5.41) is 2.97. The van der Waals surface area contributed by atoms with Crippen LogP contribution >= 0.6 is 11.6 Å². The third-order valence-corrected chi connectivity index (χ3v) is 8.73. The third-order valence-electron chi connectivity index (χ3n) is 8.44. The van der Waals surface area contributed by atoms with Gasteiger partial charge in [-0.2, -0.15) is 0 Å². The second-order valence-electron chi connectivity index (χ2n) is 11.4. The zero-order valence-electron chi connectivity index (χ0n) is 24.2. The van der Waals surface area contributed by atoms with Crippen LogP contribution in [0.2, 0.25) is 5.02 Å². The van der Waals surface area contributed by atoms with Crippen LogP contribution in [0.25, 0.3) is 16.7 Å². The highest BCUT2D eigenvalue weighted by Crippen LogP contribution is 2.37. The monoisotopic (exact) mass is 612 g/mol. The summed E-state index contributed by atoms with van der Waals surface area (Å²) in [4.78, 5) is 37.3. The maximum absolute atomic E-state index is 14.8. The first-order valence-corrected chi connectivity index (χ1v) is 15.1. The minimum Gasteiger partial charge on any atom is -0.330 e. The van der Waals surface area contributed by atoms with Crippen LogP contribution in [0, 0.1) is 17.6 Å². The van der Waals surface area contributed by atoms with Crippen molar-refractivity contribution in [2.24, 2.45) is 5.92 Å². The van der Waals surface area contributed by atoms with Crippen LogP contribution in [0.1, 0.15) is 61.0 Å². The largest absolute Gasteiger partial charge is 0.330 e. The molecule has 0 fully saturated rings. The summed E-state index contributed by atoms with van der Waals surface area (Å²) in [6, 6.07) is 15.8. The van der Waals surface area contributed by atoms with E-state index >= 15 is 0 Å². The van der Waals surface area contributed by atoms with E-state index < -0.39 is 11.6 Å². The molecule has 6 nitrogen and oxygen atoms in total. The number of benzene rings is 2. The fourth-order valence-corrected chi connectivity index (χ4v) is 6.20. The van der Waals surface area contributed by atoms with Gasteiger partial charge in [0.15, 0.2) is 5.82 Å². The van der Waals surface area contributed by atoms with E-state index in [1.165, 1.54) is 6.08 Å². The number of hydrogen-bond donors (Lipinski definition) is 1. The fraction of sp³-hybridized carbons (Fsp3) is 0.257. The van der Waals surface area contributed by atoms with Crippen molar-refractivity contribution < 1.29 is 18.4 Å². The van der Waals surface area contributed by atoms with Gasteiger partial charge in [0.1, 0.15) is 5.82 Å². The van der Waals surface area contributed by atoms with Crippen LogP contribution < -0.4 is 5.32 Å². The third kappa shape index (κ3) is 6.13. The number of halogens is 3. The molecule has 9 heteroatoms. The Kier molecular flexibility index (Phi) is 8.53. The molecule has 0 aliphatic carbocycles. The number of fused-ring (bicyclic) bond motifs is 4. The molecule has 0 unspecified atom stereocenters. The maximum Gasteiger partial charge on any atom is 0.247 e. The molecule has 1 N–H and O–H groups in total. The predicted molar refractivity (Wildman–Crippen MR) is 167 cm³/mol. The molecule has 0 saturated heterocycles. The molecule has 2 aliphatic rings. The summed E-state index contributed by atoms with van der Waals surface area (Å²) in [5.41, 5.74) is 5.34. The molecule has 2 atom stereocenters. The summed E-state index contributed by atoms with van der Waals surface area (Å²) in [7, 11) is 0. The molecule has 4 aromatic rings. The van der Waals surface area contributed by atoms with Crippen molar-refractivity contribution in [2.45, 2.75) is 45.1 Å². The number of amides is 2. The van der Waals surface area contributed by atoms with Crippen molar-refractivity contribution in [3.63, 3.8) is 0 Å². The van der Waals surface area contributed by atoms with Crippen LogP contribution in [0.3, 0.4) is 0 Å². The fourth-order valence-electron chi connectivity index (χ4n) is 6.04. The SMILES string of the molecule is C[C@@H]1CCC[C@H](N2CCC(c3c(F)ccc(Cl)c3F)=CC2=O)c2cc(ccn2)-c2ccc(Cc3ccncc3)cc2NC1=O. The first kappa shape index (κ1) is 29.6. The molecule has 2 bridgehead atoms. The van der Waals surface area contributed by atoms with Gasteiger partial charge in [-0.25, -0.2) is 8.78 Å². The van der Waals surface area contributed by atoms with Crippen molar-refractivity contribution in [1.29, 1.82) is 0 Å². The van der Waals surface area contributed by atoms with Gasteiger partial charge in [0.05, 0.1) is 22.3 Å². The first-order chi connectivity index (χ1) is 21.3. The van der Waals surface area contributed by atoms with E-state index in [2.05, 4.69) is 15.3 Å². The number of carbonyl (C=O) groups excluding carboxylic acids is 2. The topological polar surface area (TPSA) is 75.2 Å². The lowest BCUT2D eigenvalue weighted by atomic mass is 9.92. The van der Waals surface area contributed by atoms with E-state index in [1.807, 2.05) is 49.4 Å². The first-order valence-electron chi connectivity index (χ1n) is 14.7. The van der Waals surface area contributed by atoms with Crippen molar-refractivity contribution in [3.8, 4) is 11.1 Å². The summed E-state index contributed by atoms with van der Waals surface area (Å²) < 4.78 is 29.4. The van der Waals surface area contributed by atoms with E-state index in [0.717, 1.165) is 45.8 Å². The van der Waals surface area contributed by atoms with Gasteiger partial charge in [-0.05, 0) is 90.4 Å². The Labute approximate surface area is 259 Å². The number of carbonyl (C=O) groups is 2. The quantitative estimate of drug-likeness (QED) is 0.239. The lowest BCUT2D eigenvalue weighted by molar-refractivity contribution is -0.129. The Morgan fingerprint density at radius 1 is 0.977 bits per heavy atom. The van der Waals surface area contributed by atoms with Crippen LogP contribution in [0.15, 0.2) is 79.3 Å². The number of anilines is 1. The Morgan fingerprint density at radius 2 is 1.80 bits per heavy atom. The van der Waals surface area contributed by atoms with Gasteiger partial charge >= 0.3 is 0 Å². The summed E-state index contributed by atoms with van der Waals surface area (Å²) in [6.07, 6.45) is 9.39. The molecular formula is C35H31ClF2N4O2. The molecule has 2 aromatic heterocycles. The standard InChI is InChI=1S/C35H31ClF2N4O2/c1-21-3-2-4-31(42-16-12-25(20-32(42)43)33-28(37)8-7-27(36)34(33)38)30-19-24(11-15-40-30)26-6-5-23(18-29(26)41-35(21)44)17-22-9-13-39-14-10-22/h5-11,13-15,18-21,31H,2-4,12,16-17H2,1H3,(H,41,44)/t21-,31+/m1/s1. The number of rotatable bonds is 4. The smallest absolute Gasteiger partial charge is 0.247 e. The number of aromatic nitrogens is 2. The van der Waals surface area contributed by atoms with Crippen molar-refractivity contribution in [2.75, 3.05) is 11.9 Å². The van der Waals surface area contributed by atoms with Gasteiger partial charge in [0.25, 0.3) is 0 Å². The average molecular weight is 613 g/mol. The van der Waals surface area contributed by atoms with E-state index in [9.17, 15) is 18.4 Å². The highest BCUT2D eigenvalue weighted by molar-refractivity contribution is 6.31. The zero-order chi connectivity index (χ0) is 30.8. The molecule has 44 heavy (non-hydrogen) atoms. The second kappa shape index (κ2) is 12.7. The van der Waals surface area contributed by atoms with Crippen molar-refractivity contribution in [3.05, 3.63) is 118 Å². The van der Waals surface area contributed by atoms with E-state index in [1.54, 1.807) is 23.5 Å². The number of nitrogens with zero attached hydrogens (tertiary/aromatic N) is 3. The van der Waals surface area contributed by atoms with Crippen LogP contribution in [-0.2, 0) is 16.0 Å². The highest BCUT2D eigenvalue weighted by atomic mass is 35.5. The molecule has 6 rings (SSSR count). The minimum atomic E-state index is -0.866. The second-order valence-corrected chi connectivity index (χ2v) is 11.8. The zero-order valence-corrected chi connectivity index (χ0v) is 25.0. The number of hydrogen-bond acceptors (Lipinski definition) is 4. The Bertz CT molecular complexity index is 1760. The molecule has 0 saturated carbocycles. The molecule has 2 aromatic carbocycles. The summed E-state index contributed by atoms with van der Waals surface area (Å²) in [6.45, 7) is 2.17. The van der Waals surface area contributed by atoms with Crippen LogP contribution in [0.5, 0.6) is 0 Å². The molecule has 2 aliphatic heterocycles. The Balaban J connectivity index is 1.36. The van der Waals surface area contributed by atoms with Gasteiger partial charge in [-0.1, -0.05) is 37.1 Å². The lowest BCUT2D eigenvalue weighted by Crippen LogP contribution is -2.38. The van der Waals surface area contributed by atoms with Gasteiger partial charge in [-0.15, -0.1) is 0 Å². The van der Waals surface area contributed by atoms with E-state index in [4.69, 9.17) is 11.6 Å². The molecular weight excluding hydrogens is 582 g/mol. The average Bonchev–Trinajstić information content (AvgIpc) is 3.02. The lowest BCUT2D eigenvalue weighted by Gasteiger charge is -2.34. The maximum atomic E-state index is 14.8. The normalized spacial score (nSPS) is 18.9. The van der Waals surface area contributed by atoms with Gasteiger partial charge in [-0.3, -0.25) is 19.6 Å². The van der Waals surface area contributed by atoms with Gasteiger partial charge in [0.2, 0.25) is 11.8 Å². The molecule has 0 radical (unpaired) electrons. The van der Waals surface area contributed by atoms with Crippen LogP contribution in [-0.4, -0.2) is 33.2 Å².